The second-order valence-corrected chi connectivity index (χ2v) is 7.07. The van der Waals surface area contributed by atoms with E-state index in [4.69, 9.17) is 4.74 Å². The number of morpholine rings is 1. The molecule has 3 nitrogen and oxygen atoms in total. The van der Waals surface area contributed by atoms with Gasteiger partial charge in [-0.15, -0.1) is 0 Å². The molecule has 1 saturated carbocycles. The van der Waals surface area contributed by atoms with Crippen molar-refractivity contribution < 1.29 is 4.74 Å². The van der Waals surface area contributed by atoms with Crippen molar-refractivity contribution >= 4 is 0 Å². The molecule has 0 aromatic carbocycles. The fourth-order valence-electron chi connectivity index (χ4n) is 4.06. The second-order valence-electron chi connectivity index (χ2n) is 7.07. The zero-order chi connectivity index (χ0) is 15.1. The van der Waals surface area contributed by atoms with Gasteiger partial charge in [-0.05, 0) is 50.5 Å². The Morgan fingerprint density at radius 2 is 2.00 bits per heavy atom. The van der Waals surface area contributed by atoms with Crippen molar-refractivity contribution in [3.8, 4) is 0 Å². The monoisotopic (exact) mass is 296 g/mol. The van der Waals surface area contributed by atoms with Gasteiger partial charge in [0.25, 0.3) is 0 Å². The first kappa shape index (κ1) is 17.2. The molecule has 1 aliphatic carbocycles. The van der Waals surface area contributed by atoms with Crippen LogP contribution in [0.1, 0.15) is 59.3 Å². The van der Waals surface area contributed by atoms with Crippen LogP contribution in [0.15, 0.2) is 0 Å². The van der Waals surface area contributed by atoms with Gasteiger partial charge >= 0.3 is 0 Å². The van der Waals surface area contributed by atoms with Crippen molar-refractivity contribution in [1.82, 2.24) is 10.2 Å². The van der Waals surface area contributed by atoms with Crippen molar-refractivity contribution in [1.29, 1.82) is 0 Å². The molecule has 0 aromatic rings. The van der Waals surface area contributed by atoms with Gasteiger partial charge in [0.1, 0.15) is 0 Å². The molecule has 2 aliphatic rings. The van der Waals surface area contributed by atoms with Gasteiger partial charge in [-0.3, -0.25) is 4.90 Å². The predicted molar refractivity (Wildman–Crippen MR) is 89.7 cm³/mol. The number of hydrogen-bond acceptors (Lipinski definition) is 3. The third-order valence-electron chi connectivity index (χ3n) is 5.50. The minimum Gasteiger partial charge on any atom is -0.376 e. The molecule has 0 aromatic heterocycles. The van der Waals surface area contributed by atoms with Crippen molar-refractivity contribution in [2.24, 2.45) is 11.8 Å². The van der Waals surface area contributed by atoms with E-state index in [1.54, 1.807) is 0 Å². The van der Waals surface area contributed by atoms with Gasteiger partial charge in [0.05, 0.1) is 12.7 Å². The van der Waals surface area contributed by atoms with Crippen LogP contribution in [0.4, 0.5) is 0 Å². The molecule has 4 unspecified atom stereocenters. The Kier molecular flexibility index (Phi) is 7.48. The number of rotatable bonds is 7. The van der Waals surface area contributed by atoms with Gasteiger partial charge < -0.3 is 10.1 Å². The maximum Gasteiger partial charge on any atom is 0.0700 e. The van der Waals surface area contributed by atoms with Crippen LogP contribution in [0.3, 0.4) is 0 Å². The summed E-state index contributed by atoms with van der Waals surface area (Å²) in [5.74, 6) is 1.79. The van der Waals surface area contributed by atoms with E-state index in [-0.39, 0.29) is 0 Å². The molecule has 1 aliphatic heterocycles. The maximum atomic E-state index is 5.82. The first-order valence-corrected chi connectivity index (χ1v) is 9.34. The minimum absolute atomic E-state index is 0.464. The minimum atomic E-state index is 0.464. The molecule has 0 amide bonds. The average Bonchev–Trinajstić information content (AvgIpc) is 2.53. The van der Waals surface area contributed by atoms with E-state index in [0.29, 0.717) is 6.10 Å². The summed E-state index contributed by atoms with van der Waals surface area (Å²) in [6.45, 7) is 12.5. The van der Waals surface area contributed by atoms with Gasteiger partial charge in [0, 0.05) is 25.7 Å². The third kappa shape index (κ3) is 5.22. The first-order valence-electron chi connectivity index (χ1n) is 9.34. The Morgan fingerprint density at radius 3 is 2.71 bits per heavy atom. The van der Waals surface area contributed by atoms with Crippen molar-refractivity contribution in [3.05, 3.63) is 0 Å². The summed E-state index contributed by atoms with van der Waals surface area (Å²) in [6.07, 6.45) is 8.45. The van der Waals surface area contributed by atoms with E-state index in [2.05, 4.69) is 31.0 Å². The largest absolute Gasteiger partial charge is 0.376 e. The average molecular weight is 296 g/mol. The number of nitrogens with zero attached hydrogens (tertiary/aromatic N) is 1. The Bertz CT molecular complexity index is 284. The Hall–Kier alpha value is -0.120. The molecule has 21 heavy (non-hydrogen) atoms. The summed E-state index contributed by atoms with van der Waals surface area (Å²) < 4.78 is 5.82. The molecule has 3 heteroatoms. The molecule has 2 fully saturated rings. The van der Waals surface area contributed by atoms with E-state index in [9.17, 15) is 0 Å². The quantitative estimate of drug-likeness (QED) is 0.780. The topological polar surface area (TPSA) is 24.5 Å². The highest BCUT2D eigenvalue weighted by molar-refractivity contribution is 4.87. The van der Waals surface area contributed by atoms with Crippen LogP contribution in [0.5, 0.6) is 0 Å². The lowest BCUT2D eigenvalue weighted by Gasteiger charge is -2.41. The van der Waals surface area contributed by atoms with Crippen LogP contribution in [-0.2, 0) is 4.74 Å². The maximum absolute atomic E-state index is 5.82. The zero-order valence-electron chi connectivity index (χ0n) is 14.4. The molecule has 4 atom stereocenters. The highest BCUT2D eigenvalue weighted by Gasteiger charge is 2.31. The molecule has 0 spiro atoms. The van der Waals surface area contributed by atoms with E-state index in [1.807, 2.05) is 0 Å². The lowest BCUT2D eigenvalue weighted by molar-refractivity contribution is -0.0384. The van der Waals surface area contributed by atoms with Crippen LogP contribution < -0.4 is 5.32 Å². The molecule has 1 heterocycles. The summed E-state index contributed by atoms with van der Waals surface area (Å²) in [5.41, 5.74) is 0. The summed E-state index contributed by atoms with van der Waals surface area (Å²) >= 11 is 0. The fraction of sp³-hybridized carbons (Fsp3) is 1.00. The van der Waals surface area contributed by atoms with E-state index < -0.39 is 0 Å². The molecule has 0 radical (unpaired) electrons. The Morgan fingerprint density at radius 1 is 1.14 bits per heavy atom. The van der Waals surface area contributed by atoms with Crippen LogP contribution in [0.25, 0.3) is 0 Å². The third-order valence-corrected chi connectivity index (χ3v) is 5.50. The van der Waals surface area contributed by atoms with E-state index >= 15 is 0 Å². The Labute approximate surface area is 131 Å². The van der Waals surface area contributed by atoms with Crippen LogP contribution in [0.2, 0.25) is 0 Å². The number of nitrogens with one attached hydrogen (secondary N) is 1. The molecule has 2 rings (SSSR count). The SMILES string of the molecule is CCCNC1CCC(CC)CC1CN1CCOC(CC)C1. The summed E-state index contributed by atoms with van der Waals surface area (Å²) in [4.78, 5) is 2.67. The van der Waals surface area contributed by atoms with Gasteiger partial charge in [0.2, 0.25) is 0 Å². The van der Waals surface area contributed by atoms with Crippen LogP contribution in [0, 0.1) is 11.8 Å². The van der Waals surface area contributed by atoms with Crippen molar-refractivity contribution in [3.63, 3.8) is 0 Å². The van der Waals surface area contributed by atoms with Crippen LogP contribution >= 0.6 is 0 Å². The molecular weight excluding hydrogens is 260 g/mol. The molecular formula is C18H36N2O. The smallest absolute Gasteiger partial charge is 0.0700 e. The first-order chi connectivity index (χ1) is 10.3. The molecule has 1 saturated heterocycles. The number of ether oxygens (including phenoxy) is 1. The zero-order valence-corrected chi connectivity index (χ0v) is 14.4. The normalized spacial score (nSPS) is 35.0. The van der Waals surface area contributed by atoms with Gasteiger partial charge in [-0.1, -0.05) is 27.2 Å². The molecule has 124 valence electrons. The lowest BCUT2D eigenvalue weighted by atomic mass is 9.76. The van der Waals surface area contributed by atoms with Gasteiger partial charge in [0.15, 0.2) is 0 Å². The van der Waals surface area contributed by atoms with Crippen molar-refractivity contribution in [2.75, 3.05) is 32.8 Å². The predicted octanol–water partition coefficient (Wildman–Crippen LogP) is 3.29. The standard InChI is InChI=1S/C18H36N2O/c1-4-9-19-18-8-7-15(5-2)12-16(18)13-20-10-11-21-17(6-3)14-20/h15-19H,4-14H2,1-3H3. The molecule has 1 N–H and O–H groups in total. The summed E-state index contributed by atoms with van der Waals surface area (Å²) in [5, 5.41) is 3.82. The highest BCUT2D eigenvalue weighted by Crippen LogP contribution is 2.32. The summed E-state index contributed by atoms with van der Waals surface area (Å²) in [7, 11) is 0. The van der Waals surface area contributed by atoms with Gasteiger partial charge in [-0.25, -0.2) is 0 Å². The fourth-order valence-corrected chi connectivity index (χ4v) is 4.06. The lowest BCUT2D eigenvalue weighted by Crippen LogP contribution is -2.50. The van der Waals surface area contributed by atoms with Gasteiger partial charge in [-0.2, -0.15) is 0 Å². The van der Waals surface area contributed by atoms with E-state index in [1.165, 1.54) is 45.2 Å². The van der Waals surface area contributed by atoms with E-state index in [0.717, 1.165) is 44.0 Å². The number of hydrogen-bond donors (Lipinski definition) is 1. The Balaban J connectivity index is 1.88. The van der Waals surface area contributed by atoms with Crippen molar-refractivity contribution in [2.45, 2.75) is 71.4 Å². The van der Waals surface area contributed by atoms with Crippen LogP contribution in [-0.4, -0.2) is 49.8 Å². The molecule has 0 bridgehead atoms. The highest BCUT2D eigenvalue weighted by atomic mass is 16.5. The second kappa shape index (κ2) is 9.12. The summed E-state index contributed by atoms with van der Waals surface area (Å²) in [6, 6.07) is 0.746.